The van der Waals surface area contributed by atoms with E-state index in [1.807, 2.05) is 0 Å². The highest BCUT2D eigenvalue weighted by Gasteiger charge is 2.33. The number of amides is 1. The molecule has 3 heteroatoms. The molecule has 1 aliphatic carbocycles. The van der Waals surface area contributed by atoms with Crippen molar-refractivity contribution in [3.8, 4) is 0 Å². The molecule has 0 atom stereocenters. The van der Waals surface area contributed by atoms with Crippen molar-refractivity contribution < 1.29 is 4.79 Å². The van der Waals surface area contributed by atoms with Gasteiger partial charge in [-0.3, -0.25) is 4.79 Å². The minimum Gasteiger partial charge on any atom is -0.349 e. The van der Waals surface area contributed by atoms with E-state index in [2.05, 4.69) is 11.9 Å². The lowest BCUT2D eigenvalue weighted by Gasteiger charge is -2.28. The first-order valence-corrected chi connectivity index (χ1v) is 4.84. The van der Waals surface area contributed by atoms with Gasteiger partial charge in [-0.2, -0.15) is 0 Å². The van der Waals surface area contributed by atoms with Gasteiger partial charge < -0.3 is 11.1 Å². The third-order valence-corrected chi connectivity index (χ3v) is 2.69. The lowest BCUT2D eigenvalue weighted by molar-refractivity contribution is -0.122. The molecule has 1 fully saturated rings. The molecule has 0 bridgehead atoms. The number of nitrogens with two attached hydrogens (primary N) is 1. The molecule has 3 N–H and O–H groups in total. The first-order valence-electron chi connectivity index (χ1n) is 4.84. The molecule has 0 unspecified atom stereocenters. The Balaban J connectivity index is 2.47. The summed E-state index contributed by atoms with van der Waals surface area (Å²) in [5.74, 6) is 0.0438. The predicted molar refractivity (Wildman–Crippen MR) is 53.2 cm³/mol. The summed E-state index contributed by atoms with van der Waals surface area (Å²) in [7, 11) is 0. The van der Waals surface area contributed by atoms with Crippen LogP contribution < -0.4 is 11.1 Å². The monoisotopic (exact) mass is 182 g/mol. The van der Waals surface area contributed by atoms with Gasteiger partial charge in [0.15, 0.2) is 0 Å². The molecule has 0 radical (unpaired) electrons. The van der Waals surface area contributed by atoms with Crippen molar-refractivity contribution in [1.82, 2.24) is 5.32 Å². The number of carbonyl (C=O) groups is 1. The van der Waals surface area contributed by atoms with Crippen LogP contribution in [0.5, 0.6) is 0 Å². The molecule has 1 rings (SSSR count). The summed E-state index contributed by atoms with van der Waals surface area (Å²) < 4.78 is 0. The second kappa shape index (κ2) is 4.42. The second-order valence-corrected chi connectivity index (χ2v) is 3.73. The van der Waals surface area contributed by atoms with Crippen molar-refractivity contribution >= 4 is 5.91 Å². The Labute approximate surface area is 79.4 Å². The summed E-state index contributed by atoms with van der Waals surface area (Å²) >= 11 is 0. The summed E-state index contributed by atoms with van der Waals surface area (Å²) in [6.07, 6.45) is 6.39. The molecule has 0 aliphatic heterocycles. The van der Waals surface area contributed by atoms with E-state index in [9.17, 15) is 4.79 Å². The number of hydrogen-bond donors (Lipinski definition) is 2. The van der Waals surface area contributed by atoms with Crippen LogP contribution in [0.4, 0.5) is 0 Å². The zero-order valence-corrected chi connectivity index (χ0v) is 8.01. The average Bonchev–Trinajstić information content (AvgIpc) is 2.54. The first-order chi connectivity index (χ1) is 6.22. The van der Waals surface area contributed by atoms with E-state index in [0.717, 1.165) is 12.8 Å². The highest BCUT2D eigenvalue weighted by atomic mass is 16.1. The number of nitrogens with one attached hydrogen (secondary N) is 1. The molecule has 13 heavy (non-hydrogen) atoms. The minimum atomic E-state index is -0.111. The van der Waals surface area contributed by atoms with Gasteiger partial charge in [0.2, 0.25) is 5.91 Å². The molecule has 0 aromatic carbocycles. The summed E-state index contributed by atoms with van der Waals surface area (Å²) in [6.45, 7) is 4.08. The smallest absolute Gasteiger partial charge is 0.224 e. The Morgan fingerprint density at radius 1 is 1.54 bits per heavy atom. The van der Waals surface area contributed by atoms with Crippen LogP contribution in [0.3, 0.4) is 0 Å². The maximum Gasteiger partial charge on any atom is 0.224 e. The molecule has 0 saturated heterocycles. The average molecular weight is 182 g/mol. The lowest BCUT2D eigenvalue weighted by atomic mass is 9.97. The third-order valence-electron chi connectivity index (χ3n) is 2.69. The fourth-order valence-corrected chi connectivity index (χ4v) is 1.91. The molecule has 0 aromatic heterocycles. The van der Waals surface area contributed by atoms with Crippen LogP contribution in [0.15, 0.2) is 12.7 Å². The van der Waals surface area contributed by atoms with E-state index in [-0.39, 0.29) is 11.4 Å². The molecule has 1 amide bonds. The van der Waals surface area contributed by atoms with E-state index in [1.54, 1.807) is 6.08 Å². The standard InChI is InChI=1S/C10H18N2O/c1-2-5-9(13)12-10(8-11)6-3-4-7-10/h2H,1,3-8,11H2,(H,12,13). The molecule has 1 aliphatic rings. The number of hydrogen-bond acceptors (Lipinski definition) is 2. The van der Waals surface area contributed by atoms with Crippen molar-refractivity contribution in [3.05, 3.63) is 12.7 Å². The molecule has 74 valence electrons. The van der Waals surface area contributed by atoms with Gasteiger partial charge in [-0.1, -0.05) is 18.9 Å². The van der Waals surface area contributed by atoms with Crippen molar-refractivity contribution in [3.63, 3.8) is 0 Å². The van der Waals surface area contributed by atoms with Gasteiger partial charge in [0.25, 0.3) is 0 Å². The van der Waals surface area contributed by atoms with Crippen LogP contribution >= 0.6 is 0 Å². The van der Waals surface area contributed by atoms with Gasteiger partial charge in [-0.15, -0.1) is 6.58 Å². The van der Waals surface area contributed by atoms with Crippen LogP contribution in [-0.4, -0.2) is 18.0 Å². The van der Waals surface area contributed by atoms with Crippen molar-refractivity contribution in [1.29, 1.82) is 0 Å². The van der Waals surface area contributed by atoms with E-state index in [0.29, 0.717) is 13.0 Å². The van der Waals surface area contributed by atoms with Crippen molar-refractivity contribution in [2.24, 2.45) is 5.73 Å². The van der Waals surface area contributed by atoms with Gasteiger partial charge in [0.1, 0.15) is 0 Å². The summed E-state index contributed by atoms with van der Waals surface area (Å²) in [5, 5.41) is 3.01. The Hall–Kier alpha value is -0.830. The van der Waals surface area contributed by atoms with Crippen LogP contribution in [0.25, 0.3) is 0 Å². The van der Waals surface area contributed by atoms with E-state index < -0.39 is 0 Å². The molecular formula is C10H18N2O. The maximum atomic E-state index is 11.3. The van der Waals surface area contributed by atoms with Crippen molar-refractivity contribution in [2.45, 2.75) is 37.6 Å². The summed E-state index contributed by atoms with van der Waals surface area (Å²) in [6, 6.07) is 0. The Morgan fingerprint density at radius 3 is 2.62 bits per heavy atom. The van der Waals surface area contributed by atoms with Gasteiger partial charge in [-0.25, -0.2) is 0 Å². The van der Waals surface area contributed by atoms with E-state index >= 15 is 0 Å². The Kier molecular flexibility index (Phi) is 3.48. The largest absolute Gasteiger partial charge is 0.349 e. The fraction of sp³-hybridized carbons (Fsp3) is 0.700. The maximum absolute atomic E-state index is 11.3. The Bertz CT molecular complexity index is 195. The van der Waals surface area contributed by atoms with Gasteiger partial charge >= 0.3 is 0 Å². The minimum absolute atomic E-state index is 0.0438. The quantitative estimate of drug-likeness (QED) is 0.636. The van der Waals surface area contributed by atoms with E-state index in [4.69, 9.17) is 5.73 Å². The zero-order chi connectivity index (χ0) is 9.73. The van der Waals surface area contributed by atoms with Gasteiger partial charge in [0, 0.05) is 13.0 Å². The Morgan fingerprint density at radius 2 is 2.15 bits per heavy atom. The SMILES string of the molecule is C=CCC(=O)NC1(CN)CCCC1. The van der Waals surface area contributed by atoms with Gasteiger partial charge in [0.05, 0.1) is 5.54 Å². The molecule has 0 heterocycles. The topological polar surface area (TPSA) is 55.1 Å². The number of carbonyl (C=O) groups excluding carboxylic acids is 1. The molecular weight excluding hydrogens is 164 g/mol. The highest BCUT2D eigenvalue weighted by molar-refractivity contribution is 5.78. The molecule has 1 saturated carbocycles. The highest BCUT2D eigenvalue weighted by Crippen LogP contribution is 2.28. The first kappa shape index (κ1) is 10.3. The third kappa shape index (κ3) is 2.56. The zero-order valence-electron chi connectivity index (χ0n) is 8.01. The lowest BCUT2D eigenvalue weighted by Crippen LogP contribution is -2.51. The van der Waals surface area contributed by atoms with Crippen LogP contribution in [0.1, 0.15) is 32.1 Å². The number of rotatable bonds is 4. The second-order valence-electron chi connectivity index (χ2n) is 3.73. The molecule has 0 spiro atoms. The van der Waals surface area contributed by atoms with E-state index in [1.165, 1.54) is 12.8 Å². The predicted octanol–water partition coefficient (Wildman–Crippen LogP) is 0.950. The van der Waals surface area contributed by atoms with Crippen molar-refractivity contribution in [2.75, 3.05) is 6.54 Å². The summed E-state index contributed by atoms with van der Waals surface area (Å²) in [5.41, 5.74) is 5.56. The van der Waals surface area contributed by atoms with Crippen LogP contribution in [-0.2, 0) is 4.79 Å². The summed E-state index contributed by atoms with van der Waals surface area (Å²) in [4.78, 5) is 11.3. The van der Waals surface area contributed by atoms with Gasteiger partial charge in [-0.05, 0) is 12.8 Å². The molecule has 3 nitrogen and oxygen atoms in total. The normalized spacial score (nSPS) is 19.8. The fourth-order valence-electron chi connectivity index (χ4n) is 1.91. The van der Waals surface area contributed by atoms with Crippen LogP contribution in [0.2, 0.25) is 0 Å². The van der Waals surface area contributed by atoms with Crippen LogP contribution in [0, 0.1) is 0 Å². The molecule has 0 aromatic rings.